The fourth-order valence-electron chi connectivity index (χ4n) is 2.49. The third-order valence-electron chi connectivity index (χ3n) is 3.90. The van der Waals surface area contributed by atoms with Gasteiger partial charge in [-0.15, -0.1) is 0 Å². The van der Waals surface area contributed by atoms with E-state index in [1.807, 2.05) is 0 Å². The van der Waals surface area contributed by atoms with Gasteiger partial charge in [-0.2, -0.15) is 0 Å². The molecule has 1 heterocycles. The van der Waals surface area contributed by atoms with Crippen LogP contribution in [0.3, 0.4) is 0 Å². The number of H-pyrrole nitrogens is 1. The van der Waals surface area contributed by atoms with Gasteiger partial charge in [0, 0.05) is 5.02 Å². The summed E-state index contributed by atoms with van der Waals surface area (Å²) in [6.45, 7) is 3.80. The number of benzene rings is 1. The van der Waals surface area contributed by atoms with Crippen molar-refractivity contribution in [1.82, 2.24) is 15.3 Å². The molecule has 1 aliphatic carbocycles. The molecule has 0 radical (unpaired) electrons. The van der Waals surface area contributed by atoms with Gasteiger partial charge in [0.25, 0.3) is 5.56 Å². The average molecular weight is 292 g/mol. The number of aromatic amines is 1. The van der Waals surface area contributed by atoms with Crippen molar-refractivity contribution < 1.29 is 0 Å². The van der Waals surface area contributed by atoms with Crippen molar-refractivity contribution in [2.24, 2.45) is 11.8 Å². The van der Waals surface area contributed by atoms with Crippen LogP contribution >= 0.6 is 11.6 Å². The van der Waals surface area contributed by atoms with E-state index in [-0.39, 0.29) is 5.56 Å². The van der Waals surface area contributed by atoms with E-state index in [1.54, 1.807) is 18.2 Å². The Hall–Kier alpha value is -1.39. The lowest BCUT2D eigenvalue weighted by molar-refractivity contribution is 0.458. The van der Waals surface area contributed by atoms with Gasteiger partial charge in [-0.05, 0) is 49.4 Å². The average Bonchev–Trinajstić information content (AvgIpc) is 3.22. The molecular formula is C15H18ClN3O. The van der Waals surface area contributed by atoms with Crippen molar-refractivity contribution >= 4 is 22.5 Å². The molecule has 1 aliphatic rings. The molecule has 1 unspecified atom stereocenters. The van der Waals surface area contributed by atoms with Crippen molar-refractivity contribution in [2.75, 3.05) is 6.54 Å². The lowest BCUT2D eigenvalue weighted by Crippen LogP contribution is -2.24. The van der Waals surface area contributed by atoms with E-state index in [0.29, 0.717) is 34.2 Å². The molecule has 0 aliphatic heterocycles. The Morgan fingerprint density at radius 1 is 1.50 bits per heavy atom. The minimum absolute atomic E-state index is 0.112. The van der Waals surface area contributed by atoms with Crippen molar-refractivity contribution in [3.05, 3.63) is 39.4 Å². The molecular weight excluding hydrogens is 274 g/mol. The summed E-state index contributed by atoms with van der Waals surface area (Å²) in [6, 6.07) is 5.13. The number of hydrogen-bond acceptors (Lipinski definition) is 3. The zero-order valence-corrected chi connectivity index (χ0v) is 12.2. The highest BCUT2D eigenvalue weighted by molar-refractivity contribution is 6.31. The molecule has 3 rings (SSSR count). The fraction of sp³-hybridized carbons (Fsp3) is 0.467. The molecule has 2 N–H and O–H groups in total. The number of fused-ring (bicyclic) bond motifs is 1. The van der Waals surface area contributed by atoms with Gasteiger partial charge in [0.2, 0.25) is 0 Å². The topological polar surface area (TPSA) is 57.8 Å². The van der Waals surface area contributed by atoms with E-state index in [9.17, 15) is 4.79 Å². The van der Waals surface area contributed by atoms with Crippen LogP contribution in [-0.2, 0) is 6.54 Å². The van der Waals surface area contributed by atoms with Crippen LogP contribution in [0.2, 0.25) is 5.02 Å². The quantitative estimate of drug-likeness (QED) is 0.890. The van der Waals surface area contributed by atoms with Crippen LogP contribution < -0.4 is 10.9 Å². The summed E-state index contributed by atoms with van der Waals surface area (Å²) in [5, 5.41) is 4.53. The highest BCUT2D eigenvalue weighted by Gasteiger charge is 2.27. The van der Waals surface area contributed by atoms with Gasteiger partial charge in [-0.25, -0.2) is 4.98 Å². The molecule has 4 nitrogen and oxygen atoms in total. The van der Waals surface area contributed by atoms with Gasteiger partial charge < -0.3 is 10.3 Å². The Morgan fingerprint density at radius 2 is 2.30 bits per heavy atom. The zero-order chi connectivity index (χ0) is 14.1. The van der Waals surface area contributed by atoms with E-state index in [2.05, 4.69) is 22.2 Å². The van der Waals surface area contributed by atoms with Crippen LogP contribution in [0.15, 0.2) is 23.0 Å². The van der Waals surface area contributed by atoms with Crippen LogP contribution in [0, 0.1) is 11.8 Å². The highest BCUT2D eigenvalue weighted by atomic mass is 35.5. The Bertz CT molecular complexity index is 678. The van der Waals surface area contributed by atoms with Crippen molar-refractivity contribution in [2.45, 2.75) is 26.3 Å². The molecule has 1 aromatic carbocycles. The maximum Gasteiger partial charge on any atom is 0.258 e. The minimum Gasteiger partial charge on any atom is -0.310 e. The smallest absolute Gasteiger partial charge is 0.258 e. The monoisotopic (exact) mass is 291 g/mol. The van der Waals surface area contributed by atoms with E-state index in [4.69, 9.17) is 11.6 Å². The van der Waals surface area contributed by atoms with Crippen LogP contribution in [0.4, 0.5) is 0 Å². The molecule has 1 fully saturated rings. The standard InChI is InChI=1S/C15H18ClN3O/c1-9(10-2-3-10)7-17-8-14-18-13-6-11(16)4-5-12(13)15(20)19-14/h4-6,9-10,17H,2-3,7-8H2,1H3,(H,18,19,20). The van der Waals surface area contributed by atoms with Gasteiger partial charge in [0.1, 0.15) is 5.82 Å². The van der Waals surface area contributed by atoms with Crippen LogP contribution in [0.25, 0.3) is 10.9 Å². The van der Waals surface area contributed by atoms with E-state index < -0.39 is 0 Å². The summed E-state index contributed by atoms with van der Waals surface area (Å²) in [4.78, 5) is 19.2. The molecule has 0 spiro atoms. The lowest BCUT2D eigenvalue weighted by Gasteiger charge is -2.11. The molecule has 0 amide bonds. The molecule has 5 heteroatoms. The first kappa shape index (κ1) is 13.6. The molecule has 1 atom stereocenters. The maximum absolute atomic E-state index is 12.0. The second-order valence-corrected chi connectivity index (χ2v) is 6.06. The third kappa shape index (κ3) is 3.02. The maximum atomic E-state index is 12.0. The summed E-state index contributed by atoms with van der Waals surface area (Å²) in [5.74, 6) is 2.23. The van der Waals surface area contributed by atoms with E-state index in [1.165, 1.54) is 12.8 Å². The SMILES string of the molecule is CC(CNCc1nc2cc(Cl)ccc2c(=O)[nH]1)C1CC1. The van der Waals surface area contributed by atoms with E-state index in [0.717, 1.165) is 12.5 Å². The normalized spacial score (nSPS) is 16.5. The summed E-state index contributed by atoms with van der Waals surface area (Å²) in [5.41, 5.74) is 0.534. The van der Waals surface area contributed by atoms with Crippen LogP contribution in [-0.4, -0.2) is 16.5 Å². The molecule has 106 valence electrons. The summed E-state index contributed by atoms with van der Waals surface area (Å²) in [6.07, 6.45) is 2.71. The Morgan fingerprint density at radius 3 is 3.05 bits per heavy atom. The van der Waals surface area contributed by atoms with Crippen molar-refractivity contribution in [1.29, 1.82) is 0 Å². The Kier molecular flexibility index (Phi) is 3.76. The Balaban J connectivity index is 1.72. The highest BCUT2D eigenvalue weighted by Crippen LogP contribution is 2.36. The third-order valence-corrected chi connectivity index (χ3v) is 4.14. The fourth-order valence-corrected chi connectivity index (χ4v) is 2.66. The predicted molar refractivity (Wildman–Crippen MR) is 81.0 cm³/mol. The van der Waals surface area contributed by atoms with Crippen LogP contribution in [0.5, 0.6) is 0 Å². The van der Waals surface area contributed by atoms with Gasteiger partial charge in [-0.3, -0.25) is 4.79 Å². The largest absolute Gasteiger partial charge is 0.310 e. The molecule has 1 saturated carbocycles. The molecule has 1 aromatic heterocycles. The number of aromatic nitrogens is 2. The van der Waals surface area contributed by atoms with Gasteiger partial charge in [0.15, 0.2) is 0 Å². The molecule has 0 saturated heterocycles. The molecule has 20 heavy (non-hydrogen) atoms. The predicted octanol–water partition coefficient (Wildman–Crippen LogP) is 2.71. The Labute approximate surface area is 122 Å². The number of hydrogen-bond donors (Lipinski definition) is 2. The summed E-state index contributed by atoms with van der Waals surface area (Å²) < 4.78 is 0. The lowest BCUT2D eigenvalue weighted by atomic mass is 10.1. The minimum atomic E-state index is -0.112. The second kappa shape index (κ2) is 5.54. The first-order valence-electron chi connectivity index (χ1n) is 7.02. The number of nitrogens with one attached hydrogen (secondary N) is 2. The number of nitrogens with zero attached hydrogens (tertiary/aromatic N) is 1. The second-order valence-electron chi connectivity index (χ2n) is 5.62. The summed E-state index contributed by atoms with van der Waals surface area (Å²) >= 11 is 5.94. The van der Waals surface area contributed by atoms with Gasteiger partial charge in [-0.1, -0.05) is 18.5 Å². The van der Waals surface area contributed by atoms with Crippen LogP contribution in [0.1, 0.15) is 25.6 Å². The first-order valence-corrected chi connectivity index (χ1v) is 7.40. The van der Waals surface area contributed by atoms with Gasteiger partial charge in [0.05, 0.1) is 17.4 Å². The number of rotatable bonds is 5. The number of halogens is 1. The van der Waals surface area contributed by atoms with Gasteiger partial charge >= 0.3 is 0 Å². The van der Waals surface area contributed by atoms with E-state index >= 15 is 0 Å². The molecule has 0 bridgehead atoms. The van der Waals surface area contributed by atoms with Crippen molar-refractivity contribution in [3.63, 3.8) is 0 Å². The zero-order valence-electron chi connectivity index (χ0n) is 11.4. The van der Waals surface area contributed by atoms with Crippen molar-refractivity contribution in [3.8, 4) is 0 Å². The molecule has 2 aromatic rings. The summed E-state index contributed by atoms with van der Waals surface area (Å²) in [7, 11) is 0. The first-order chi connectivity index (χ1) is 9.63.